The number of aliphatic carboxylic acids is 1. The minimum absolute atomic E-state index is 0.162. The molecule has 1 rings (SSSR count). The molecule has 102 valence electrons. The van der Waals surface area contributed by atoms with Gasteiger partial charge in [-0.15, -0.1) is 0 Å². The van der Waals surface area contributed by atoms with E-state index in [1.165, 1.54) is 18.2 Å². The second-order valence-corrected chi connectivity index (χ2v) is 4.92. The zero-order chi connectivity index (χ0) is 14.4. The van der Waals surface area contributed by atoms with E-state index in [0.29, 0.717) is 4.47 Å². The van der Waals surface area contributed by atoms with Crippen LogP contribution in [0.3, 0.4) is 0 Å². The van der Waals surface area contributed by atoms with E-state index in [2.05, 4.69) is 21.2 Å². The predicted octanol–water partition coefficient (Wildman–Crippen LogP) is 2.58. The van der Waals surface area contributed by atoms with Crippen LogP contribution in [0.25, 0.3) is 6.08 Å². The molecule has 1 aromatic rings. The highest BCUT2D eigenvalue weighted by Gasteiger charge is 2.09. The highest BCUT2D eigenvalue weighted by molar-refractivity contribution is 9.10. The molecule has 0 heterocycles. The minimum atomic E-state index is -0.991. The Balaban J connectivity index is 2.63. The summed E-state index contributed by atoms with van der Waals surface area (Å²) in [5.74, 6) is -1.89. The van der Waals surface area contributed by atoms with Gasteiger partial charge in [0.05, 0.1) is 6.42 Å². The predicted molar refractivity (Wildman–Crippen MR) is 73.0 cm³/mol. The fraction of sp³-hybridized carbons (Fsp3) is 0.231. The molecule has 6 heteroatoms. The van der Waals surface area contributed by atoms with Crippen molar-refractivity contribution in [2.45, 2.75) is 19.4 Å². The number of halogens is 2. The largest absolute Gasteiger partial charge is 0.481 e. The number of hydrogen-bond donors (Lipinski definition) is 2. The first-order chi connectivity index (χ1) is 8.88. The molecule has 0 bridgehead atoms. The van der Waals surface area contributed by atoms with Crippen LogP contribution in [0.5, 0.6) is 0 Å². The van der Waals surface area contributed by atoms with Crippen LogP contribution in [-0.2, 0) is 9.59 Å². The third-order valence-electron chi connectivity index (χ3n) is 2.24. The molecule has 0 fully saturated rings. The molecule has 0 aliphatic heterocycles. The Labute approximate surface area is 118 Å². The van der Waals surface area contributed by atoms with E-state index in [9.17, 15) is 14.0 Å². The average Bonchev–Trinajstić information content (AvgIpc) is 2.29. The van der Waals surface area contributed by atoms with Gasteiger partial charge in [0.25, 0.3) is 0 Å². The van der Waals surface area contributed by atoms with Crippen molar-refractivity contribution >= 4 is 33.9 Å². The molecule has 0 aromatic heterocycles. The summed E-state index contributed by atoms with van der Waals surface area (Å²) in [4.78, 5) is 21.9. The number of benzene rings is 1. The summed E-state index contributed by atoms with van der Waals surface area (Å²) < 4.78 is 14.1. The Hall–Kier alpha value is -1.69. The number of amides is 1. The SMILES string of the molecule is CC(CC(=O)O)NC(=O)/C=C/c1cc(Br)ccc1F. The molecule has 2 N–H and O–H groups in total. The van der Waals surface area contributed by atoms with Gasteiger partial charge >= 0.3 is 5.97 Å². The number of carbonyl (C=O) groups excluding carboxylic acids is 1. The Bertz CT molecular complexity index is 517. The van der Waals surface area contributed by atoms with E-state index in [1.807, 2.05) is 0 Å². The third kappa shape index (κ3) is 5.65. The average molecular weight is 330 g/mol. The number of rotatable bonds is 5. The van der Waals surface area contributed by atoms with Gasteiger partial charge in [0.2, 0.25) is 5.91 Å². The summed E-state index contributed by atoms with van der Waals surface area (Å²) in [5, 5.41) is 11.0. The molecule has 1 atom stereocenters. The van der Waals surface area contributed by atoms with Crippen LogP contribution in [0, 0.1) is 5.82 Å². The topological polar surface area (TPSA) is 66.4 Å². The molecule has 0 aliphatic rings. The van der Waals surface area contributed by atoms with Gasteiger partial charge in [-0.2, -0.15) is 0 Å². The van der Waals surface area contributed by atoms with Gasteiger partial charge in [-0.05, 0) is 31.2 Å². The van der Waals surface area contributed by atoms with E-state index in [0.717, 1.165) is 0 Å². The van der Waals surface area contributed by atoms with Crippen LogP contribution in [0.15, 0.2) is 28.7 Å². The quantitative estimate of drug-likeness (QED) is 0.816. The molecule has 0 radical (unpaired) electrons. The van der Waals surface area contributed by atoms with Gasteiger partial charge < -0.3 is 10.4 Å². The van der Waals surface area contributed by atoms with Crippen LogP contribution >= 0.6 is 15.9 Å². The summed E-state index contributed by atoms with van der Waals surface area (Å²) >= 11 is 3.20. The highest BCUT2D eigenvalue weighted by Crippen LogP contribution is 2.16. The summed E-state index contributed by atoms with van der Waals surface area (Å²) in [5.41, 5.74) is 0.274. The van der Waals surface area contributed by atoms with Crippen molar-refractivity contribution in [3.8, 4) is 0 Å². The normalized spacial score (nSPS) is 12.4. The van der Waals surface area contributed by atoms with Crippen molar-refractivity contribution in [2.75, 3.05) is 0 Å². The van der Waals surface area contributed by atoms with Gasteiger partial charge in [0.15, 0.2) is 0 Å². The Morgan fingerprint density at radius 2 is 2.21 bits per heavy atom. The number of carboxylic acids is 1. The molecule has 0 aliphatic carbocycles. The Morgan fingerprint density at radius 3 is 2.84 bits per heavy atom. The second kappa shape index (κ2) is 7.04. The van der Waals surface area contributed by atoms with Crippen molar-refractivity contribution in [1.29, 1.82) is 0 Å². The Morgan fingerprint density at radius 1 is 1.53 bits per heavy atom. The molecule has 4 nitrogen and oxygen atoms in total. The van der Waals surface area contributed by atoms with Crippen molar-refractivity contribution in [2.24, 2.45) is 0 Å². The van der Waals surface area contributed by atoms with E-state index >= 15 is 0 Å². The van der Waals surface area contributed by atoms with E-state index in [1.54, 1.807) is 19.1 Å². The molecule has 1 unspecified atom stereocenters. The zero-order valence-corrected chi connectivity index (χ0v) is 11.8. The standard InChI is InChI=1S/C13H13BrFNO3/c1-8(6-13(18)19)16-12(17)5-2-9-7-10(14)3-4-11(9)15/h2-5,7-8H,6H2,1H3,(H,16,17)(H,18,19)/b5-2+. The number of hydrogen-bond acceptors (Lipinski definition) is 2. The molecular formula is C13H13BrFNO3. The lowest BCUT2D eigenvalue weighted by molar-refractivity contribution is -0.137. The van der Waals surface area contributed by atoms with Crippen molar-refractivity contribution in [3.63, 3.8) is 0 Å². The monoisotopic (exact) mass is 329 g/mol. The number of carbonyl (C=O) groups is 2. The highest BCUT2D eigenvalue weighted by atomic mass is 79.9. The molecule has 1 aromatic carbocycles. The van der Waals surface area contributed by atoms with Gasteiger partial charge in [-0.3, -0.25) is 9.59 Å². The lowest BCUT2D eigenvalue weighted by atomic mass is 10.2. The van der Waals surface area contributed by atoms with E-state index < -0.39 is 23.7 Å². The maximum absolute atomic E-state index is 13.4. The summed E-state index contributed by atoms with van der Waals surface area (Å²) in [6.45, 7) is 1.58. The first-order valence-electron chi connectivity index (χ1n) is 5.54. The molecule has 0 saturated heterocycles. The first kappa shape index (κ1) is 15.4. The van der Waals surface area contributed by atoms with Gasteiger partial charge in [0, 0.05) is 22.2 Å². The van der Waals surface area contributed by atoms with Crippen LogP contribution in [0.4, 0.5) is 4.39 Å². The van der Waals surface area contributed by atoms with Crippen molar-refractivity contribution in [1.82, 2.24) is 5.32 Å². The van der Waals surface area contributed by atoms with Gasteiger partial charge in [-0.1, -0.05) is 15.9 Å². The smallest absolute Gasteiger partial charge is 0.305 e. The maximum Gasteiger partial charge on any atom is 0.305 e. The lowest BCUT2D eigenvalue weighted by Gasteiger charge is -2.08. The second-order valence-electron chi connectivity index (χ2n) is 4.01. The summed E-state index contributed by atoms with van der Waals surface area (Å²) in [6, 6.07) is 3.90. The molecule has 19 heavy (non-hydrogen) atoms. The summed E-state index contributed by atoms with van der Waals surface area (Å²) in [7, 11) is 0. The zero-order valence-electron chi connectivity index (χ0n) is 10.2. The van der Waals surface area contributed by atoms with Crippen LogP contribution < -0.4 is 5.32 Å². The van der Waals surface area contributed by atoms with Crippen LogP contribution in [-0.4, -0.2) is 23.0 Å². The Kier molecular flexibility index (Phi) is 5.69. The fourth-order valence-electron chi connectivity index (χ4n) is 1.41. The summed E-state index contributed by atoms with van der Waals surface area (Å²) in [6.07, 6.45) is 2.34. The van der Waals surface area contributed by atoms with Crippen LogP contribution in [0.1, 0.15) is 18.9 Å². The number of carboxylic acid groups (broad SMARTS) is 1. The minimum Gasteiger partial charge on any atom is -0.481 e. The van der Waals surface area contributed by atoms with Gasteiger partial charge in [0.1, 0.15) is 5.82 Å². The van der Waals surface area contributed by atoms with E-state index in [4.69, 9.17) is 5.11 Å². The fourth-order valence-corrected chi connectivity index (χ4v) is 1.79. The molecular weight excluding hydrogens is 317 g/mol. The lowest BCUT2D eigenvalue weighted by Crippen LogP contribution is -2.32. The van der Waals surface area contributed by atoms with E-state index in [-0.39, 0.29) is 12.0 Å². The molecule has 0 spiro atoms. The first-order valence-corrected chi connectivity index (χ1v) is 6.33. The van der Waals surface area contributed by atoms with Crippen molar-refractivity contribution < 1.29 is 19.1 Å². The van der Waals surface area contributed by atoms with Crippen molar-refractivity contribution in [3.05, 3.63) is 40.1 Å². The molecule has 0 saturated carbocycles. The maximum atomic E-state index is 13.4. The van der Waals surface area contributed by atoms with Gasteiger partial charge in [-0.25, -0.2) is 4.39 Å². The third-order valence-corrected chi connectivity index (χ3v) is 2.74. The van der Waals surface area contributed by atoms with Crippen LogP contribution in [0.2, 0.25) is 0 Å². The molecule has 1 amide bonds. The number of nitrogens with one attached hydrogen (secondary N) is 1.